The molecule has 4 nitrogen and oxygen atoms in total. The highest BCUT2D eigenvalue weighted by Gasteiger charge is 2.41. The van der Waals surface area contributed by atoms with Crippen LogP contribution in [0.1, 0.15) is 11.1 Å². The Hall–Kier alpha value is -5.31. The minimum Gasteiger partial charge on any atom is -0.563 e. The van der Waals surface area contributed by atoms with Crippen molar-refractivity contribution in [1.29, 1.82) is 0 Å². The van der Waals surface area contributed by atoms with E-state index in [9.17, 15) is 0 Å². The van der Waals surface area contributed by atoms with Crippen LogP contribution in [0.25, 0.3) is 27.8 Å². The van der Waals surface area contributed by atoms with Gasteiger partial charge in [-0.3, -0.25) is 0 Å². The van der Waals surface area contributed by atoms with Gasteiger partial charge >= 0.3 is 11.7 Å². The largest absolute Gasteiger partial charge is 0.563 e. The summed E-state index contributed by atoms with van der Waals surface area (Å²) in [5, 5.41) is 7.68. The van der Waals surface area contributed by atoms with Gasteiger partial charge in [-0.2, -0.15) is 17.4 Å². The number of rotatable bonds is 3. The Morgan fingerprint density at radius 2 is 1.20 bits per heavy atom. The van der Waals surface area contributed by atoms with E-state index in [1.807, 2.05) is 84.9 Å². The number of benzene rings is 6. The summed E-state index contributed by atoms with van der Waals surface area (Å²) in [5.74, 6) is 3.15. The predicted molar refractivity (Wildman–Crippen MR) is 161 cm³/mol. The highest BCUT2D eigenvalue weighted by atomic mass is 16.7. The van der Waals surface area contributed by atoms with Crippen LogP contribution in [-0.2, 0) is 14.9 Å². The minimum absolute atomic E-state index is 0.705. The summed E-state index contributed by atoms with van der Waals surface area (Å²) in [7, 11) is 3.21. The molecule has 0 saturated carbocycles. The van der Waals surface area contributed by atoms with Gasteiger partial charge in [-0.05, 0) is 46.7 Å². The Labute approximate surface area is 237 Å². The predicted octanol–water partition coefficient (Wildman–Crippen LogP) is 5.88. The van der Waals surface area contributed by atoms with Crippen molar-refractivity contribution < 1.29 is 18.6 Å². The van der Waals surface area contributed by atoms with Gasteiger partial charge in [0.1, 0.15) is 16.7 Å². The zero-order valence-electron chi connectivity index (χ0n) is 22.7. The lowest BCUT2D eigenvalue weighted by atomic mass is 9.96. The van der Waals surface area contributed by atoms with Crippen LogP contribution in [0.4, 0.5) is 0 Å². The number of hydrogen-bond donors (Lipinski definition) is 0. The summed E-state index contributed by atoms with van der Waals surface area (Å²) < 4.78 is 24.7. The molecular weight excluding hydrogens is 508 g/mol. The molecule has 0 atom stereocenters. The van der Waals surface area contributed by atoms with Crippen molar-refractivity contribution in [2.75, 3.05) is 14.2 Å². The third-order valence-electron chi connectivity index (χ3n) is 7.47. The lowest BCUT2D eigenvalue weighted by Crippen LogP contribution is -2.40. The maximum Gasteiger partial charge on any atom is 0.352 e. The molecule has 1 aliphatic rings. The van der Waals surface area contributed by atoms with E-state index in [1.165, 1.54) is 0 Å². The second-order valence-corrected chi connectivity index (χ2v) is 9.91. The van der Waals surface area contributed by atoms with Crippen molar-refractivity contribution in [1.82, 2.24) is 0 Å². The van der Waals surface area contributed by atoms with Crippen molar-refractivity contribution in [3.63, 3.8) is 0 Å². The third kappa shape index (κ3) is 4.13. The normalized spacial score (nSPS) is 13.8. The van der Waals surface area contributed by atoms with E-state index in [0.717, 1.165) is 53.5 Å². The number of hydrogen-bond acceptors (Lipinski definition) is 3. The van der Waals surface area contributed by atoms with Crippen molar-refractivity contribution in [2.45, 2.75) is 5.79 Å². The Morgan fingerprint density at radius 3 is 1.76 bits per heavy atom. The first-order chi connectivity index (χ1) is 20.2. The molecule has 0 unspecified atom stereocenters. The summed E-state index contributed by atoms with van der Waals surface area (Å²) in [4.78, 5) is 0. The molecule has 41 heavy (non-hydrogen) atoms. The molecule has 4 heteroatoms. The Bertz CT molecular complexity index is 2140. The Balaban J connectivity index is 1.72. The number of ether oxygens (including phenoxy) is 3. The van der Waals surface area contributed by atoms with Gasteiger partial charge < -0.3 is 14.2 Å². The van der Waals surface area contributed by atoms with E-state index in [-0.39, 0.29) is 0 Å². The molecular formula is C37H26O4. The molecule has 1 aliphatic heterocycles. The van der Waals surface area contributed by atoms with Crippen LogP contribution in [0.2, 0.25) is 0 Å². The number of carbonyl (C=O) groups excluding carboxylic acids is 1. The quantitative estimate of drug-likeness (QED) is 0.210. The van der Waals surface area contributed by atoms with E-state index in [0.29, 0.717) is 11.5 Å². The third-order valence-corrected chi connectivity index (χ3v) is 7.47. The number of methoxy groups -OCH3 is 1. The maximum atomic E-state index is 7.12. The topological polar surface area (TPSA) is 39.0 Å². The minimum atomic E-state index is -1.24. The van der Waals surface area contributed by atoms with Crippen LogP contribution in [-0.4, -0.2) is 20.2 Å². The highest BCUT2D eigenvalue weighted by molar-refractivity contribution is 5.90. The van der Waals surface area contributed by atoms with E-state index >= 15 is 0 Å². The highest BCUT2D eigenvalue weighted by Crippen LogP contribution is 2.43. The summed E-state index contributed by atoms with van der Waals surface area (Å²) in [5.41, 5.74) is 1.77. The van der Waals surface area contributed by atoms with Crippen molar-refractivity contribution in [2.24, 2.45) is 0 Å². The molecule has 0 saturated heterocycles. The van der Waals surface area contributed by atoms with Gasteiger partial charge in [-0.1, -0.05) is 84.2 Å². The van der Waals surface area contributed by atoms with Crippen molar-refractivity contribution in [3.05, 3.63) is 153 Å². The summed E-state index contributed by atoms with van der Waals surface area (Å²) >= 11 is 0. The molecule has 6 aromatic carbocycles. The molecule has 0 spiro atoms. The molecule has 0 bridgehead atoms. The van der Waals surface area contributed by atoms with Gasteiger partial charge in [0.05, 0.1) is 7.11 Å². The monoisotopic (exact) mass is 534 g/mol. The second kappa shape index (κ2) is 10.0. The zero-order valence-corrected chi connectivity index (χ0v) is 22.7. The molecule has 0 aromatic heterocycles. The lowest BCUT2D eigenvalue weighted by Gasteiger charge is -2.34. The van der Waals surface area contributed by atoms with Gasteiger partial charge in [-0.25, -0.2) is 4.42 Å². The van der Waals surface area contributed by atoms with E-state index in [2.05, 4.69) is 48.6 Å². The molecule has 0 amide bonds. The average molecular weight is 535 g/mol. The van der Waals surface area contributed by atoms with Gasteiger partial charge in [0.15, 0.2) is 0 Å². The summed E-state index contributed by atoms with van der Waals surface area (Å²) in [6, 6.07) is 40.7. The lowest BCUT2D eigenvalue weighted by molar-refractivity contribution is -0.0827. The van der Waals surface area contributed by atoms with Crippen molar-refractivity contribution >= 4 is 33.7 Å². The molecule has 198 valence electrons. The molecule has 0 fully saturated rings. The Morgan fingerprint density at radius 1 is 0.659 bits per heavy atom. The molecule has 0 aliphatic carbocycles. The van der Waals surface area contributed by atoms with Gasteiger partial charge in [-0.15, -0.1) is 6.07 Å². The standard InChI is InChI=1S/C37H26O4/c1-38-23-25-13-15-27-17-19-33-35(31(27)21-25)36-32-22-26(24-39-2)14-16-28(32)18-20-34(36)41-37(40-33,29-9-5-3-6-10-29)30-11-7-4-8-12-30/h3-22H,1-2H3. The zero-order chi connectivity index (χ0) is 27.8. The maximum absolute atomic E-state index is 7.12. The van der Waals surface area contributed by atoms with Gasteiger partial charge in [0.25, 0.3) is 7.11 Å². The fourth-order valence-corrected chi connectivity index (χ4v) is 5.70. The smallest absolute Gasteiger partial charge is 0.352 e. The molecule has 0 radical (unpaired) electrons. The first-order valence-corrected chi connectivity index (χ1v) is 13.4. The molecule has 1 heterocycles. The molecule has 7 rings (SSSR count). The van der Waals surface area contributed by atoms with Crippen LogP contribution in [0.15, 0.2) is 121 Å². The van der Waals surface area contributed by atoms with E-state index in [1.54, 1.807) is 14.2 Å². The van der Waals surface area contributed by atoms with Crippen LogP contribution in [0, 0.1) is 10.4 Å². The van der Waals surface area contributed by atoms with Gasteiger partial charge in [0, 0.05) is 21.6 Å². The number of fused-ring (bicyclic) bond motifs is 6. The van der Waals surface area contributed by atoms with Crippen molar-refractivity contribution in [3.8, 4) is 11.5 Å². The second-order valence-electron chi connectivity index (χ2n) is 9.91. The first kappa shape index (κ1) is 24.7. The van der Waals surface area contributed by atoms with Crippen LogP contribution >= 0.6 is 0 Å². The van der Waals surface area contributed by atoms with E-state index in [4.69, 9.17) is 18.6 Å². The molecule has 6 aromatic rings. The fourth-order valence-electron chi connectivity index (χ4n) is 5.70. The van der Waals surface area contributed by atoms with Crippen LogP contribution in [0.5, 0.6) is 11.5 Å². The van der Waals surface area contributed by atoms with E-state index < -0.39 is 5.79 Å². The van der Waals surface area contributed by atoms with Gasteiger partial charge in [0.2, 0.25) is 0 Å². The van der Waals surface area contributed by atoms with Crippen LogP contribution in [0.3, 0.4) is 0 Å². The SMILES string of the molecule is CO[C-]=c1ccc2ccc3c(c2c1)=c1c(ccc2ccc(=C=[O+]C)cc12)OC(c1ccccc1)(c1ccccc1)O3. The average Bonchev–Trinajstić information content (AvgIpc) is 3.18. The molecule has 0 N–H and O–H groups in total. The van der Waals surface area contributed by atoms with Crippen LogP contribution < -0.4 is 19.9 Å². The Kier molecular flexibility index (Phi) is 6.04. The first-order valence-electron chi connectivity index (χ1n) is 13.4. The fraction of sp³-hybridized carbons (Fsp3) is 0.0811. The summed E-state index contributed by atoms with van der Waals surface area (Å²) in [6.45, 7) is 0. The summed E-state index contributed by atoms with van der Waals surface area (Å²) in [6.07, 6.45) is 2.98.